The molecule has 0 aliphatic carbocycles. The smallest absolute Gasteiger partial charge is 0.337 e. The molecular formula is C26H24ClN5O3. The molecule has 0 saturated heterocycles. The van der Waals surface area contributed by atoms with E-state index in [1.54, 1.807) is 48.8 Å². The molecule has 4 rings (SSSR count). The van der Waals surface area contributed by atoms with Crippen molar-refractivity contribution in [3.05, 3.63) is 93.0 Å². The Morgan fingerprint density at radius 3 is 2.63 bits per heavy atom. The van der Waals surface area contributed by atoms with Gasteiger partial charge in [0.25, 0.3) is 5.91 Å². The van der Waals surface area contributed by atoms with E-state index in [2.05, 4.69) is 20.3 Å². The number of nitrogens with two attached hydrogens (primary N) is 1. The topological polar surface area (TPSA) is 120 Å². The number of anilines is 1. The van der Waals surface area contributed by atoms with Crippen LogP contribution in [0.15, 0.2) is 48.8 Å². The highest BCUT2D eigenvalue weighted by molar-refractivity contribution is 6.31. The quantitative estimate of drug-likeness (QED) is 0.390. The molecule has 35 heavy (non-hydrogen) atoms. The van der Waals surface area contributed by atoms with Crippen LogP contribution < -0.4 is 11.1 Å². The molecule has 0 fully saturated rings. The summed E-state index contributed by atoms with van der Waals surface area (Å²) in [4.78, 5) is 38.2. The lowest BCUT2D eigenvalue weighted by Gasteiger charge is -2.12. The average Bonchev–Trinajstić information content (AvgIpc) is 2.82. The minimum absolute atomic E-state index is 0.234. The standard InChI is InChI=1S/C26H24ClN5O3/c1-14-6-23(28)32-15(2)22(14)13-31-25(33)16-4-5-29-21(10-16)11-18-8-19(26(34)35-3)7-17-9-20(27)12-30-24(17)18/h4-10,12H,11,13H2,1-3H3,(H2,28,32)(H,31,33). The number of aromatic nitrogens is 3. The fraction of sp³-hybridized carbons (Fsp3) is 0.192. The van der Waals surface area contributed by atoms with Gasteiger partial charge in [-0.2, -0.15) is 0 Å². The second-order valence-corrected chi connectivity index (χ2v) is 8.61. The molecule has 3 N–H and O–H groups in total. The summed E-state index contributed by atoms with van der Waals surface area (Å²) >= 11 is 6.11. The Morgan fingerprint density at radius 1 is 1.09 bits per heavy atom. The normalized spacial score (nSPS) is 10.9. The van der Waals surface area contributed by atoms with Crippen LogP contribution >= 0.6 is 11.6 Å². The highest BCUT2D eigenvalue weighted by atomic mass is 35.5. The van der Waals surface area contributed by atoms with Crippen LogP contribution in [-0.2, 0) is 17.7 Å². The summed E-state index contributed by atoms with van der Waals surface area (Å²) < 4.78 is 4.89. The first-order valence-electron chi connectivity index (χ1n) is 10.9. The van der Waals surface area contributed by atoms with Crippen LogP contribution in [0, 0.1) is 13.8 Å². The summed E-state index contributed by atoms with van der Waals surface area (Å²) in [7, 11) is 1.33. The number of hydrogen-bond acceptors (Lipinski definition) is 7. The van der Waals surface area contributed by atoms with E-state index in [4.69, 9.17) is 22.1 Å². The first kappa shape index (κ1) is 24.1. The molecule has 0 radical (unpaired) electrons. The predicted molar refractivity (Wildman–Crippen MR) is 134 cm³/mol. The fourth-order valence-electron chi connectivity index (χ4n) is 4.01. The van der Waals surface area contributed by atoms with Crippen molar-refractivity contribution in [3.63, 3.8) is 0 Å². The number of fused-ring (bicyclic) bond motifs is 1. The lowest BCUT2D eigenvalue weighted by molar-refractivity contribution is 0.0600. The minimum Gasteiger partial charge on any atom is -0.465 e. The maximum atomic E-state index is 12.9. The number of carbonyl (C=O) groups excluding carboxylic acids is 2. The van der Waals surface area contributed by atoms with E-state index >= 15 is 0 Å². The van der Waals surface area contributed by atoms with E-state index in [1.165, 1.54) is 7.11 Å². The van der Waals surface area contributed by atoms with Gasteiger partial charge in [0.1, 0.15) is 5.82 Å². The molecule has 3 aromatic heterocycles. The third kappa shape index (κ3) is 5.38. The van der Waals surface area contributed by atoms with Crippen LogP contribution in [0.1, 0.15) is 48.8 Å². The van der Waals surface area contributed by atoms with Crippen LogP contribution in [0.3, 0.4) is 0 Å². The maximum Gasteiger partial charge on any atom is 0.337 e. The number of rotatable bonds is 6. The van der Waals surface area contributed by atoms with E-state index < -0.39 is 5.97 Å². The monoisotopic (exact) mass is 489 g/mol. The van der Waals surface area contributed by atoms with Crippen molar-refractivity contribution >= 4 is 40.2 Å². The SMILES string of the molecule is COC(=O)c1cc(Cc2cc(C(=O)NCc3c(C)cc(N)nc3C)ccn2)c2ncc(Cl)cc2c1. The summed E-state index contributed by atoms with van der Waals surface area (Å²) in [6.45, 7) is 4.13. The van der Waals surface area contributed by atoms with Crippen molar-refractivity contribution in [3.8, 4) is 0 Å². The lowest BCUT2D eigenvalue weighted by Crippen LogP contribution is -2.24. The van der Waals surface area contributed by atoms with Crippen LogP contribution in [0.25, 0.3) is 10.9 Å². The highest BCUT2D eigenvalue weighted by Gasteiger charge is 2.15. The van der Waals surface area contributed by atoms with Crippen molar-refractivity contribution < 1.29 is 14.3 Å². The molecule has 8 nitrogen and oxygen atoms in total. The summed E-state index contributed by atoms with van der Waals surface area (Å²) in [5, 5.41) is 4.12. The van der Waals surface area contributed by atoms with Gasteiger partial charge in [0.05, 0.1) is 23.2 Å². The molecule has 0 aliphatic heterocycles. The van der Waals surface area contributed by atoms with Gasteiger partial charge < -0.3 is 15.8 Å². The molecule has 0 saturated carbocycles. The Kier molecular flexibility index (Phi) is 6.93. The zero-order valence-corrected chi connectivity index (χ0v) is 20.3. The van der Waals surface area contributed by atoms with Gasteiger partial charge in [0.2, 0.25) is 0 Å². The van der Waals surface area contributed by atoms with Crippen LogP contribution in [-0.4, -0.2) is 33.9 Å². The second kappa shape index (κ2) is 10.1. The number of nitrogens with zero attached hydrogens (tertiary/aromatic N) is 3. The third-order valence-electron chi connectivity index (χ3n) is 5.70. The van der Waals surface area contributed by atoms with E-state index in [9.17, 15) is 9.59 Å². The molecule has 0 bridgehead atoms. The van der Waals surface area contributed by atoms with Gasteiger partial charge in [0.15, 0.2) is 0 Å². The van der Waals surface area contributed by atoms with Gasteiger partial charge in [-0.15, -0.1) is 0 Å². The Hall–Kier alpha value is -4.04. The highest BCUT2D eigenvalue weighted by Crippen LogP contribution is 2.25. The number of aryl methyl sites for hydroxylation is 2. The molecule has 0 spiro atoms. The molecular weight excluding hydrogens is 466 g/mol. The van der Waals surface area contributed by atoms with Crippen molar-refractivity contribution in [2.45, 2.75) is 26.8 Å². The van der Waals surface area contributed by atoms with Crippen LogP contribution in [0.4, 0.5) is 5.82 Å². The number of pyridine rings is 3. The number of nitrogens with one attached hydrogen (secondary N) is 1. The molecule has 4 aromatic rings. The first-order valence-corrected chi connectivity index (χ1v) is 11.2. The summed E-state index contributed by atoms with van der Waals surface area (Å²) in [6, 6.07) is 10.3. The van der Waals surface area contributed by atoms with Crippen molar-refractivity contribution in [1.29, 1.82) is 0 Å². The Morgan fingerprint density at radius 2 is 1.89 bits per heavy atom. The molecule has 1 amide bonds. The molecule has 3 heterocycles. The van der Waals surface area contributed by atoms with Crippen LogP contribution in [0.2, 0.25) is 5.02 Å². The Bertz CT molecular complexity index is 1430. The zero-order chi connectivity index (χ0) is 25.1. The number of halogens is 1. The Labute approximate surface area is 207 Å². The van der Waals surface area contributed by atoms with Gasteiger partial charge >= 0.3 is 5.97 Å². The Balaban J connectivity index is 1.59. The largest absolute Gasteiger partial charge is 0.465 e. The van der Waals surface area contributed by atoms with E-state index in [0.29, 0.717) is 51.5 Å². The van der Waals surface area contributed by atoms with Gasteiger partial charge in [-0.1, -0.05) is 11.6 Å². The number of ether oxygens (including phenoxy) is 1. The minimum atomic E-state index is -0.461. The predicted octanol–water partition coefficient (Wildman–Crippen LogP) is 4.18. The molecule has 0 aliphatic rings. The van der Waals surface area contributed by atoms with Gasteiger partial charge in [-0.05, 0) is 66.9 Å². The first-order chi connectivity index (χ1) is 16.7. The van der Waals surface area contributed by atoms with Crippen molar-refractivity contribution in [2.24, 2.45) is 0 Å². The summed E-state index contributed by atoms with van der Waals surface area (Å²) in [6.07, 6.45) is 3.50. The molecule has 1 aromatic carbocycles. The van der Waals surface area contributed by atoms with Gasteiger partial charge in [-0.25, -0.2) is 9.78 Å². The van der Waals surface area contributed by atoms with E-state index in [-0.39, 0.29) is 5.91 Å². The molecule has 0 unspecified atom stereocenters. The second-order valence-electron chi connectivity index (χ2n) is 8.18. The molecule has 178 valence electrons. The number of esters is 1. The summed E-state index contributed by atoms with van der Waals surface area (Å²) in [5.41, 5.74) is 11.4. The number of benzene rings is 1. The molecule has 9 heteroatoms. The third-order valence-corrected chi connectivity index (χ3v) is 5.91. The van der Waals surface area contributed by atoms with Gasteiger partial charge in [-0.3, -0.25) is 14.8 Å². The van der Waals surface area contributed by atoms with Crippen LogP contribution in [0.5, 0.6) is 0 Å². The average molecular weight is 490 g/mol. The lowest BCUT2D eigenvalue weighted by atomic mass is 10.0. The van der Waals surface area contributed by atoms with E-state index in [1.807, 2.05) is 13.8 Å². The number of amides is 1. The van der Waals surface area contributed by atoms with Crippen molar-refractivity contribution in [1.82, 2.24) is 20.3 Å². The summed E-state index contributed by atoms with van der Waals surface area (Å²) in [5.74, 6) is -0.242. The maximum absolute atomic E-state index is 12.9. The van der Waals surface area contributed by atoms with Crippen molar-refractivity contribution in [2.75, 3.05) is 12.8 Å². The fourth-order valence-corrected chi connectivity index (χ4v) is 4.17. The number of hydrogen-bond donors (Lipinski definition) is 2. The zero-order valence-electron chi connectivity index (χ0n) is 19.6. The van der Waals surface area contributed by atoms with E-state index in [0.717, 1.165) is 22.4 Å². The molecule has 0 atom stereocenters. The number of carbonyl (C=O) groups is 2. The number of nitrogen functional groups attached to an aromatic ring is 1. The van der Waals surface area contributed by atoms with Gasteiger partial charge in [0, 0.05) is 47.7 Å². The number of methoxy groups -OCH3 is 1.